The predicted octanol–water partition coefficient (Wildman–Crippen LogP) is 7.15. The molecule has 0 spiro atoms. The second-order valence-corrected chi connectivity index (χ2v) is 7.56. The van der Waals surface area contributed by atoms with Gasteiger partial charge in [0.15, 0.2) is 17.4 Å². The van der Waals surface area contributed by atoms with Crippen LogP contribution in [-0.2, 0) is 6.61 Å². The summed E-state index contributed by atoms with van der Waals surface area (Å²) in [6, 6.07) is 8.58. The van der Waals surface area contributed by atoms with Gasteiger partial charge in [0.25, 0.3) is 0 Å². The summed E-state index contributed by atoms with van der Waals surface area (Å²) in [5.41, 5.74) is 1.32. The molecule has 27 heavy (non-hydrogen) atoms. The van der Waals surface area contributed by atoms with Crippen LogP contribution in [-0.4, -0.2) is 0 Å². The smallest absolute Gasteiger partial charge is 0.191 e. The molecule has 0 radical (unpaired) electrons. The summed E-state index contributed by atoms with van der Waals surface area (Å²) < 4.78 is 47.1. The van der Waals surface area contributed by atoms with Crippen LogP contribution in [0.2, 0.25) is 0 Å². The molecule has 0 unspecified atom stereocenters. The summed E-state index contributed by atoms with van der Waals surface area (Å²) in [4.78, 5) is 0. The predicted molar refractivity (Wildman–Crippen MR) is 101 cm³/mol. The van der Waals surface area contributed by atoms with Crippen molar-refractivity contribution >= 4 is 0 Å². The molecular formula is C23H27F3O. The molecule has 0 N–H and O–H groups in total. The number of unbranched alkanes of at least 4 members (excludes halogenated alkanes) is 1. The first-order chi connectivity index (χ1) is 13.1. The van der Waals surface area contributed by atoms with E-state index in [1.54, 1.807) is 6.07 Å². The fraction of sp³-hybridized carbons (Fsp3) is 0.478. The highest BCUT2D eigenvalue weighted by molar-refractivity contribution is 5.29. The van der Waals surface area contributed by atoms with E-state index in [0.29, 0.717) is 5.56 Å². The molecule has 0 bridgehead atoms. The molecule has 1 saturated carbocycles. The van der Waals surface area contributed by atoms with Crippen molar-refractivity contribution in [2.24, 2.45) is 5.92 Å². The van der Waals surface area contributed by atoms with Crippen LogP contribution >= 0.6 is 0 Å². The lowest BCUT2D eigenvalue weighted by Gasteiger charge is -2.29. The number of hydrogen-bond acceptors (Lipinski definition) is 1. The third-order valence-corrected chi connectivity index (χ3v) is 5.62. The van der Waals surface area contributed by atoms with E-state index in [-0.39, 0.29) is 18.3 Å². The van der Waals surface area contributed by atoms with E-state index in [1.807, 2.05) is 6.07 Å². The van der Waals surface area contributed by atoms with Crippen molar-refractivity contribution in [2.45, 2.75) is 64.4 Å². The Kier molecular flexibility index (Phi) is 6.81. The van der Waals surface area contributed by atoms with E-state index in [2.05, 4.69) is 6.92 Å². The first-order valence-electron chi connectivity index (χ1n) is 9.93. The van der Waals surface area contributed by atoms with Gasteiger partial charge in [0, 0.05) is 0 Å². The van der Waals surface area contributed by atoms with Crippen molar-refractivity contribution in [1.82, 2.24) is 0 Å². The SMILES string of the molecule is CCCC[C@H]1CC[C@H](c2ccc(COc3c(F)cccc3F)cc2F)CC1. The van der Waals surface area contributed by atoms with Gasteiger partial charge in [0.05, 0.1) is 0 Å². The van der Waals surface area contributed by atoms with Crippen molar-refractivity contribution in [3.05, 3.63) is 65.0 Å². The van der Waals surface area contributed by atoms with Crippen LogP contribution in [0.15, 0.2) is 36.4 Å². The maximum Gasteiger partial charge on any atom is 0.191 e. The van der Waals surface area contributed by atoms with Crippen LogP contribution in [0.1, 0.15) is 68.9 Å². The first kappa shape index (κ1) is 19.8. The summed E-state index contributed by atoms with van der Waals surface area (Å²) in [6.07, 6.45) is 8.19. The van der Waals surface area contributed by atoms with Gasteiger partial charge in [-0.15, -0.1) is 0 Å². The standard InChI is InChI=1S/C23H27F3O/c1-2-3-5-16-8-11-18(12-9-16)19-13-10-17(14-22(19)26)15-27-23-20(24)6-4-7-21(23)25/h4,6-7,10,13-14,16,18H,2-3,5,8-9,11-12,15H2,1H3/t16-,18-. The van der Waals surface area contributed by atoms with Gasteiger partial charge < -0.3 is 4.74 Å². The highest BCUT2D eigenvalue weighted by Gasteiger charge is 2.24. The summed E-state index contributed by atoms with van der Waals surface area (Å²) >= 11 is 0. The van der Waals surface area contributed by atoms with Crippen LogP contribution in [0, 0.1) is 23.4 Å². The first-order valence-corrected chi connectivity index (χ1v) is 9.93. The number of benzene rings is 2. The molecular weight excluding hydrogens is 349 g/mol. The number of hydrogen-bond donors (Lipinski definition) is 0. The van der Waals surface area contributed by atoms with Crippen LogP contribution in [0.25, 0.3) is 0 Å². The Morgan fingerprint density at radius 3 is 2.26 bits per heavy atom. The van der Waals surface area contributed by atoms with Gasteiger partial charge in [-0.2, -0.15) is 0 Å². The van der Waals surface area contributed by atoms with Gasteiger partial charge in [-0.05, 0) is 66.8 Å². The maximum absolute atomic E-state index is 14.6. The molecule has 2 aromatic rings. The Bertz CT molecular complexity index is 731. The van der Waals surface area contributed by atoms with E-state index in [0.717, 1.165) is 36.5 Å². The lowest BCUT2D eigenvalue weighted by molar-refractivity contribution is 0.273. The van der Waals surface area contributed by atoms with Crippen molar-refractivity contribution in [1.29, 1.82) is 0 Å². The molecule has 0 aliphatic heterocycles. The zero-order chi connectivity index (χ0) is 19.2. The number of halogens is 3. The Labute approximate surface area is 159 Å². The topological polar surface area (TPSA) is 9.23 Å². The van der Waals surface area contributed by atoms with E-state index in [4.69, 9.17) is 4.74 Å². The molecule has 0 heterocycles. The molecule has 0 atom stereocenters. The number of rotatable bonds is 7. The molecule has 146 valence electrons. The summed E-state index contributed by atoms with van der Waals surface area (Å²) in [5, 5.41) is 0. The molecule has 0 saturated heterocycles. The summed E-state index contributed by atoms with van der Waals surface area (Å²) in [5.74, 6) is -1.14. The fourth-order valence-corrected chi connectivity index (χ4v) is 4.02. The van der Waals surface area contributed by atoms with Gasteiger partial charge >= 0.3 is 0 Å². The van der Waals surface area contributed by atoms with Crippen LogP contribution < -0.4 is 4.74 Å². The Balaban J connectivity index is 1.59. The van der Waals surface area contributed by atoms with Crippen LogP contribution in [0.5, 0.6) is 5.75 Å². The maximum atomic E-state index is 14.6. The van der Waals surface area contributed by atoms with Crippen molar-refractivity contribution in [3.8, 4) is 5.75 Å². The van der Waals surface area contributed by atoms with Crippen molar-refractivity contribution in [2.75, 3.05) is 0 Å². The Morgan fingerprint density at radius 2 is 1.63 bits per heavy atom. The zero-order valence-corrected chi connectivity index (χ0v) is 15.8. The third-order valence-electron chi connectivity index (χ3n) is 5.62. The third kappa shape index (κ3) is 5.06. The highest BCUT2D eigenvalue weighted by atomic mass is 19.1. The lowest BCUT2D eigenvalue weighted by atomic mass is 9.77. The largest absolute Gasteiger partial charge is 0.483 e. The monoisotopic (exact) mass is 376 g/mol. The second kappa shape index (κ2) is 9.29. The fourth-order valence-electron chi connectivity index (χ4n) is 4.02. The lowest BCUT2D eigenvalue weighted by Crippen LogP contribution is -2.14. The average Bonchev–Trinajstić information content (AvgIpc) is 2.67. The minimum atomic E-state index is -0.757. The molecule has 1 fully saturated rings. The normalized spacial score (nSPS) is 19.9. The molecule has 2 aromatic carbocycles. The summed E-state index contributed by atoms with van der Waals surface area (Å²) in [7, 11) is 0. The highest BCUT2D eigenvalue weighted by Crippen LogP contribution is 2.38. The number of ether oxygens (including phenoxy) is 1. The average molecular weight is 376 g/mol. The minimum Gasteiger partial charge on any atom is -0.483 e. The van der Waals surface area contributed by atoms with E-state index >= 15 is 0 Å². The molecule has 1 aliphatic rings. The van der Waals surface area contributed by atoms with Gasteiger partial charge in [-0.25, -0.2) is 13.2 Å². The number of para-hydroxylation sites is 1. The zero-order valence-electron chi connectivity index (χ0n) is 15.8. The van der Waals surface area contributed by atoms with Crippen LogP contribution in [0.4, 0.5) is 13.2 Å². The second-order valence-electron chi connectivity index (χ2n) is 7.56. The van der Waals surface area contributed by atoms with Crippen LogP contribution in [0.3, 0.4) is 0 Å². The van der Waals surface area contributed by atoms with Gasteiger partial charge in [0.2, 0.25) is 0 Å². The van der Waals surface area contributed by atoms with Crippen molar-refractivity contribution < 1.29 is 17.9 Å². The summed E-state index contributed by atoms with van der Waals surface area (Å²) in [6.45, 7) is 2.14. The van der Waals surface area contributed by atoms with Gasteiger partial charge in [-0.3, -0.25) is 0 Å². The molecule has 0 aromatic heterocycles. The van der Waals surface area contributed by atoms with E-state index < -0.39 is 17.4 Å². The quantitative estimate of drug-likeness (QED) is 0.499. The molecule has 1 nitrogen and oxygen atoms in total. The van der Waals surface area contributed by atoms with Gasteiger partial charge in [-0.1, -0.05) is 44.4 Å². The molecule has 1 aliphatic carbocycles. The minimum absolute atomic E-state index is 0.0706. The Hall–Kier alpha value is -1.97. The molecule has 4 heteroatoms. The Morgan fingerprint density at radius 1 is 0.926 bits per heavy atom. The van der Waals surface area contributed by atoms with Crippen molar-refractivity contribution in [3.63, 3.8) is 0 Å². The molecule has 3 rings (SSSR count). The van der Waals surface area contributed by atoms with E-state index in [1.165, 1.54) is 44.2 Å². The van der Waals surface area contributed by atoms with E-state index in [9.17, 15) is 13.2 Å². The van der Waals surface area contributed by atoms with Gasteiger partial charge in [0.1, 0.15) is 12.4 Å². The molecule has 0 amide bonds.